The number of aromatic nitrogens is 2. The van der Waals surface area contributed by atoms with Gasteiger partial charge in [-0.05, 0) is 49.5 Å². The number of hydrogen-bond acceptors (Lipinski definition) is 4. The number of rotatable bonds is 2. The summed E-state index contributed by atoms with van der Waals surface area (Å²) in [5, 5.41) is 11.3. The summed E-state index contributed by atoms with van der Waals surface area (Å²) >= 11 is 11.3. The number of aromatic amines is 1. The zero-order chi connectivity index (χ0) is 19.1. The number of hydrogen-bond donors (Lipinski definition) is 2. The van der Waals surface area contributed by atoms with E-state index in [1.165, 1.54) is 4.57 Å². The summed E-state index contributed by atoms with van der Waals surface area (Å²) in [4.78, 5) is 19.6. The highest BCUT2D eigenvalue weighted by atomic mass is 35.5. The molecule has 0 atom stereocenters. The fourth-order valence-corrected chi connectivity index (χ4v) is 3.55. The monoisotopic (exact) mass is 395 g/mol. The molecule has 0 unspecified atom stereocenters. The fraction of sp³-hybridized carbons (Fsp3) is 0.0500. The highest BCUT2D eigenvalue weighted by Crippen LogP contribution is 2.36. The maximum absolute atomic E-state index is 12.5. The van der Waals surface area contributed by atoms with Crippen LogP contribution in [0.1, 0.15) is 18.1 Å². The molecule has 1 aliphatic heterocycles. The van der Waals surface area contributed by atoms with Gasteiger partial charge < -0.3 is 5.11 Å². The highest BCUT2D eigenvalue weighted by Gasteiger charge is 2.20. The Hall–Kier alpha value is -2.96. The van der Waals surface area contributed by atoms with E-state index in [1.54, 1.807) is 30.3 Å². The first-order valence-corrected chi connectivity index (χ1v) is 8.95. The summed E-state index contributed by atoms with van der Waals surface area (Å²) in [5.74, 6) is -0.254. The van der Waals surface area contributed by atoms with Crippen LogP contribution < -0.4 is 5.56 Å². The van der Waals surface area contributed by atoms with Gasteiger partial charge in [0, 0.05) is 21.9 Å². The van der Waals surface area contributed by atoms with Gasteiger partial charge in [-0.2, -0.15) is 0 Å². The fourth-order valence-electron chi connectivity index (χ4n) is 3.08. The summed E-state index contributed by atoms with van der Waals surface area (Å²) < 4.78 is 1.46. The van der Waals surface area contributed by atoms with Crippen LogP contribution in [0.4, 0.5) is 5.69 Å². The molecule has 0 spiro atoms. The van der Waals surface area contributed by atoms with Crippen LogP contribution in [0.5, 0.6) is 5.88 Å². The summed E-state index contributed by atoms with van der Waals surface area (Å²) in [5.41, 5.74) is 3.47. The topological polar surface area (TPSA) is 70.4 Å². The molecular formula is C20H14ClN3O2S. The van der Waals surface area contributed by atoms with Crippen LogP contribution in [0.3, 0.4) is 0 Å². The van der Waals surface area contributed by atoms with Crippen molar-refractivity contribution in [1.29, 1.82) is 0 Å². The van der Waals surface area contributed by atoms with Crippen LogP contribution in [0.25, 0.3) is 17.3 Å². The molecule has 0 amide bonds. The first-order chi connectivity index (χ1) is 13.0. The number of halogens is 1. The number of aromatic hydroxyl groups is 1. The number of H-pyrrole nitrogens is 1. The Balaban J connectivity index is 1.96. The van der Waals surface area contributed by atoms with E-state index in [2.05, 4.69) is 9.98 Å². The Bertz CT molecular complexity index is 1250. The van der Waals surface area contributed by atoms with E-state index < -0.39 is 5.56 Å². The van der Waals surface area contributed by atoms with E-state index >= 15 is 0 Å². The van der Waals surface area contributed by atoms with E-state index in [-0.39, 0.29) is 16.2 Å². The van der Waals surface area contributed by atoms with Gasteiger partial charge in [0.15, 0.2) is 4.77 Å². The van der Waals surface area contributed by atoms with Gasteiger partial charge in [-0.15, -0.1) is 0 Å². The zero-order valence-corrected chi connectivity index (χ0v) is 15.8. The van der Waals surface area contributed by atoms with Crippen LogP contribution in [0.2, 0.25) is 5.02 Å². The molecule has 5 nitrogen and oxygen atoms in total. The van der Waals surface area contributed by atoms with Gasteiger partial charge in [0.05, 0.1) is 11.4 Å². The van der Waals surface area contributed by atoms with Gasteiger partial charge in [0.2, 0.25) is 5.88 Å². The van der Waals surface area contributed by atoms with E-state index in [0.29, 0.717) is 10.7 Å². The van der Waals surface area contributed by atoms with Crippen LogP contribution in [0.15, 0.2) is 58.3 Å². The predicted molar refractivity (Wildman–Crippen MR) is 111 cm³/mol. The number of allylic oxidation sites excluding steroid dienone is 1. The molecule has 0 saturated carbocycles. The molecule has 0 radical (unpaired) electrons. The summed E-state index contributed by atoms with van der Waals surface area (Å²) in [6, 6.07) is 14.5. The van der Waals surface area contributed by atoms with Crippen molar-refractivity contribution in [2.45, 2.75) is 6.92 Å². The lowest BCUT2D eigenvalue weighted by Gasteiger charge is -2.12. The molecule has 2 aromatic carbocycles. The minimum atomic E-state index is -0.472. The third-order valence-corrected chi connectivity index (χ3v) is 4.87. The first-order valence-electron chi connectivity index (χ1n) is 8.16. The molecule has 1 aliphatic rings. The van der Waals surface area contributed by atoms with Crippen molar-refractivity contribution in [2.75, 3.05) is 0 Å². The molecule has 3 aromatic rings. The average Bonchev–Trinajstić information content (AvgIpc) is 2.93. The summed E-state index contributed by atoms with van der Waals surface area (Å²) in [6.07, 6.45) is 1.63. The Morgan fingerprint density at radius 3 is 2.78 bits per heavy atom. The van der Waals surface area contributed by atoms with Crippen LogP contribution in [0, 0.1) is 4.77 Å². The minimum absolute atomic E-state index is 0.0825. The summed E-state index contributed by atoms with van der Waals surface area (Å²) in [7, 11) is 0. The van der Waals surface area contributed by atoms with Crippen LogP contribution in [-0.2, 0) is 0 Å². The SMILES string of the molecule is CC1=Nc2ccccc2/C1=C/c1c(O)n(-c2cccc(Cl)c2)c(=S)[nH]c1=O. The quantitative estimate of drug-likeness (QED) is 0.606. The molecule has 2 heterocycles. The lowest BCUT2D eigenvalue weighted by Crippen LogP contribution is -2.16. The van der Waals surface area contributed by atoms with Crippen molar-refractivity contribution in [1.82, 2.24) is 9.55 Å². The molecule has 4 rings (SSSR count). The molecule has 0 bridgehead atoms. The second-order valence-corrected chi connectivity index (χ2v) is 6.91. The van der Waals surface area contributed by atoms with Gasteiger partial charge in [-0.3, -0.25) is 19.3 Å². The second-order valence-electron chi connectivity index (χ2n) is 6.08. The summed E-state index contributed by atoms with van der Waals surface area (Å²) in [6.45, 7) is 1.86. The van der Waals surface area contributed by atoms with Crippen molar-refractivity contribution in [3.8, 4) is 11.6 Å². The molecule has 0 fully saturated rings. The number of para-hydroxylation sites is 1. The lowest BCUT2D eigenvalue weighted by molar-refractivity contribution is 0.432. The zero-order valence-electron chi connectivity index (χ0n) is 14.2. The van der Waals surface area contributed by atoms with Gasteiger partial charge in [-0.25, -0.2) is 0 Å². The first kappa shape index (κ1) is 17.5. The molecule has 2 N–H and O–H groups in total. The largest absolute Gasteiger partial charge is 0.494 e. The molecular weight excluding hydrogens is 382 g/mol. The van der Waals surface area contributed by atoms with E-state index in [0.717, 1.165) is 22.5 Å². The van der Waals surface area contributed by atoms with Crippen molar-refractivity contribution in [2.24, 2.45) is 4.99 Å². The second kappa shape index (κ2) is 6.64. The average molecular weight is 396 g/mol. The predicted octanol–water partition coefficient (Wildman–Crippen LogP) is 4.90. The third kappa shape index (κ3) is 3.03. The van der Waals surface area contributed by atoms with Crippen LogP contribution >= 0.6 is 23.8 Å². The third-order valence-electron chi connectivity index (χ3n) is 4.35. The van der Waals surface area contributed by atoms with Crippen molar-refractivity contribution in [3.63, 3.8) is 0 Å². The number of benzene rings is 2. The van der Waals surface area contributed by atoms with Gasteiger partial charge >= 0.3 is 0 Å². The van der Waals surface area contributed by atoms with Gasteiger partial charge in [0.25, 0.3) is 5.56 Å². The standard InChI is InChI=1S/C20H14ClN3O2S/c1-11-15(14-7-2-3-8-17(14)22-11)10-16-18(25)23-20(27)24(19(16)26)13-6-4-5-12(21)9-13/h2-10,26H,1H3,(H,23,25,27)/b15-10+. The lowest BCUT2D eigenvalue weighted by atomic mass is 10.0. The molecule has 0 saturated heterocycles. The van der Waals surface area contributed by atoms with Crippen LogP contribution in [-0.4, -0.2) is 20.4 Å². The Kier molecular flexibility index (Phi) is 4.30. The van der Waals surface area contributed by atoms with E-state index in [9.17, 15) is 9.90 Å². The number of nitrogens with zero attached hydrogens (tertiary/aromatic N) is 2. The molecule has 27 heavy (non-hydrogen) atoms. The van der Waals surface area contributed by atoms with Crippen molar-refractivity contribution < 1.29 is 5.11 Å². The highest BCUT2D eigenvalue weighted by molar-refractivity contribution is 7.71. The molecule has 134 valence electrons. The van der Waals surface area contributed by atoms with Gasteiger partial charge in [0.1, 0.15) is 5.56 Å². The molecule has 7 heteroatoms. The Morgan fingerprint density at radius 1 is 1.22 bits per heavy atom. The van der Waals surface area contributed by atoms with E-state index in [1.807, 2.05) is 31.2 Å². The normalized spacial score (nSPS) is 14.3. The number of fused-ring (bicyclic) bond motifs is 1. The van der Waals surface area contributed by atoms with Crippen molar-refractivity contribution in [3.05, 3.63) is 79.8 Å². The smallest absolute Gasteiger partial charge is 0.262 e. The maximum Gasteiger partial charge on any atom is 0.262 e. The molecule has 1 aromatic heterocycles. The maximum atomic E-state index is 12.5. The number of aliphatic imine (C=N–C) groups is 1. The van der Waals surface area contributed by atoms with Gasteiger partial charge in [-0.1, -0.05) is 35.9 Å². The minimum Gasteiger partial charge on any atom is -0.494 e. The van der Waals surface area contributed by atoms with E-state index in [4.69, 9.17) is 23.8 Å². The molecule has 0 aliphatic carbocycles. The Morgan fingerprint density at radius 2 is 2.00 bits per heavy atom. The Labute approximate surface area is 164 Å². The number of nitrogens with one attached hydrogen (secondary N) is 1. The van der Waals surface area contributed by atoms with Crippen molar-refractivity contribution >= 4 is 46.9 Å².